The Balaban J connectivity index is 1.98. The molecule has 1 heterocycles. The molecule has 1 fully saturated rings. The number of carbonyl (C=O) groups excluding carboxylic acids is 1. The minimum Gasteiger partial charge on any atom is -0.374 e. The van der Waals surface area contributed by atoms with Crippen LogP contribution in [-0.4, -0.2) is 16.4 Å². The van der Waals surface area contributed by atoms with Crippen molar-refractivity contribution in [2.45, 2.75) is 38.6 Å². The van der Waals surface area contributed by atoms with Crippen LogP contribution in [0.1, 0.15) is 32.3 Å². The summed E-state index contributed by atoms with van der Waals surface area (Å²) in [6, 6.07) is 3.18. The second-order valence-corrected chi connectivity index (χ2v) is 6.13. The average Bonchev–Trinajstić information content (AvgIpc) is 3.11. The third-order valence-corrected chi connectivity index (χ3v) is 4.10. The van der Waals surface area contributed by atoms with Gasteiger partial charge in [-0.1, -0.05) is 0 Å². The molecule has 3 rings (SSSR count). The molecule has 1 aliphatic heterocycles. The minimum atomic E-state index is -0.394. The number of hydrogen-bond donors (Lipinski definition) is 2. The van der Waals surface area contributed by atoms with E-state index >= 15 is 0 Å². The number of nitro groups is 1. The van der Waals surface area contributed by atoms with E-state index in [2.05, 4.69) is 24.5 Å². The molecule has 1 aromatic rings. The van der Waals surface area contributed by atoms with Crippen molar-refractivity contribution in [3.63, 3.8) is 0 Å². The Morgan fingerprint density at radius 3 is 2.70 bits per heavy atom. The Hall–Kier alpha value is -2.11. The summed E-state index contributed by atoms with van der Waals surface area (Å²) >= 11 is 0. The molecule has 106 valence electrons. The van der Waals surface area contributed by atoms with Crippen LogP contribution in [0.3, 0.4) is 0 Å². The van der Waals surface area contributed by atoms with E-state index in [1.807, 2.05) is 0 Å². The Bertz CT molecular complexity index is 606. The van der Waals surface area contributed by atoms with Gasteiger partial charge in [0, 0.05) is 17.3 Å². The monoisotopic (exact) mass is 275 g/mol. The Morgan fingerprint density at radius 2 is 2.10 bits per heavy atom. The van der Waals surface area contributed by atoms with Crippen molar-refractivity contribution in [1.29, 1.82) is 0 Å². The molecule has 1 aliphatic carbocycles. The summed E-state index contributed by atoms with van der Waals surface area (Å²) in [6.07, 6.45) is 2.51. The van der Waals surface area contributed by atoms with Crippen molar-refractivity contribution in [3.05, 3.63) is 27.8 Å². The predicted octanol–water partition coefficient (Wildman–Crippen LogP) is 2.69. The van der Waals surface area contributed by atoms with Crippen LogP contribution >= 0.6 is 0 Å². The van der Waals surface area contributed by atoms with Gasteiger partial charge < -0.3 is 10.6 Å². The first-order valence-corrected chi connectivity index (χ1v) is 6.76. The molecule has 0 bridgehead atoms. The minimum absolute atomic E-state index is 0.0361. The highest BCUT2D eigenvalue weighted by atomic mass is 16.6. The number of rotatable bonds is 4. The Labute approximate surface area is 116 Å². The average molecular weight is 275 g/mol. The van der Waals surface area contributed by atoms with Gasteiger partial charge in [-0.25, -0.2) is 0 Å². The number of hydrogen-bond acceptors (Lipinski definition) is 4. The lowest BCUT2D eigenvalue weighted by atomic mass is 9.97. The predicted molar refractivity (Wildman–Crippen MR) is 75.9 cm³/mol. The van der Waals surface area contributed by atoms with Crippen LogP contribution in [0.15, 0.2) is 12.1 Å². The summed E-state index contributed by atoms with van der Waals surface area (Å²) in [6.45, 7) is 4.11. The van der Waals surface area contributed by atoms with Gasteiger partial charge in [-0.05, 0) is 44.2 Å². The quantitative estimate of drug-likeness (QED) is 0.653. The normalized spacial score (nSPS) is 17.6. The molecule has 0 unspecified atom stereocenters. The van der Waals surface area contributed by atoms with Gasteiger partial charge in [-0.15, -0.1) is 0 Å². The number of nitrogens with zero attached hydrogens (tertiary/aromatic N) is 1. The largest absolute Gasteiger partial charge is 0.374 e. The van der Waals surface area contributed by atoms with Crippen LogP contribution in [0.25, 0.3) is 0 Å². The van der Waals surface area contributed by atoms with Gasteiger partial charge in [0.25, 0.3) is 5.69 Å². The molecule has 20 heavy (non-hydrogen) atoms. The molecule has 6 heteroatoms. The Kier molecular flexibility index (Phi) is 2.70. The summed E-state index contributed by atoms with van der Waals surface area (Å²) in [5.74, 6) is 0.429. The summed E-state index contributed by atoms with van der Waals surface area (Å²) < 4.78 is 0. The summed E-state index contributed by atoms with van der Waals surface area (Å²) in [5, 5.41) is 17.2. The van der Waals surface area contributed by atoms with Gasteiger partial charge in [0.05, 0.1) is 11.3 Å². The van der Waals surface area contributed by atoms with E-state index < -0.39 is 4.92 Å². The lowest BCUT2D eigenvalue weighted by Gasteiger charge is -2.27. The lowest BCUT2D eigenvalue weighted by molar-refractivity contribution is -0.384. The van der Waals surface area contributed by atoms with Crippen molar-refractivity contribution >= 4 is 23.0 Å². The number of nitrogens with one attached hydrogen (secondary N) is 2. The maximum Gasteiger partial charge on any atom is 0.292 e. The highest BCUT2D eigenvalue weighted by Gasteiger charge is 2.39. The van der Waals surface area contributed by atoms with Crippen LogP contribution in [0.4, 0.5) is 17.1 Å². The zero-order valence-electron chi connectivity index (χ0n) is 11.5. The van der Waals surface area contributed by atoms with Crippen LogP contribution in [0.2, 0.25) is 0 Å². The SMILES string of the molecule is CC(C)(Nc1cc2c(cc1[N+](=O)[O-])CC(=O)N2)C1CC1. The van der Waals surface area contributed by atoms with Crippen LogP contribution < -0.4 is 10.6 Å². The van der Waals surface area contributed by atoms with Gasteiger partial charge in [-0.2, -0.15) is 0 Å². The van der Waals surface area contributed by atoms with Gasteiger partial charge >= 0.3 is 0 Å². The van der Waals surface area contributed by atoms with Crippen molar-refractivity contribution in [2.24, 2.45) is 5.92 Å². The maximum atomic E-state index is 11.4. The second-order valence-electron chi connectivity index (χ2n) is 6.13. The van der Waals surface area contributed by atoms with E-state index in [9.17, 15) is 14.9 Å². The van der Waals surface area contributed by atoms with Crippen molar-refractivity contribution in [1.82, 2.24) is 0 Å². The fraction of sp³-hybridized carbons (Fsp3) is 0.500. The van der Waals surface area contributed by atoms with Gasteiger partial charge in [-0.3, -0.25) is 14.9 Å². The first kappa shape index (κ1) is 12.9. The molecule has 0 spiro atoms. The van der Waals surface area contributed by atoms with E-state index in [0.29, 0.717) is 22.9 Å². The topological polar surface area (TPSA) is 84.3 Å². The summed E-state index contributed by atoms with van der Waals surface area (Å²) in [4.78, 5) is 22.2. The van der Waals surface area contributed by atoms with Crippen molar-refractivity contribution < 1.29 is 9.72 Å². The number of anilines is 2. The van der Waals surface area contributed by atoms with E-state index in [-0.39, 0.29) is 23.6 Å². The second kappa shape index (κ2) is 4.19. The van der Waals surface area contributed by atoms with Gasteiger partial charge in [0.15, 0.2) is 0 Å². The number of fused-ring (bicyclic) bond motifs is 1. The molecular formula is C14H17N3O3. The molecule has 2 aliphatic rings. The number of carbonyl (C=O) groups is 1. The van der Waals surface area contributed by atoms with E-state index in [4.69, 9.17) is 0 Å². The summed E-state index contributed by atoms with van der Waals surface area (Å²) in [7, 11) is 0. The van der Waals surface area contributed by atoms with Gasteiger partial charge in [0.2, 0.25) is 5.91 Å². The zero-order chi connectivity index (χ0) is 14.5. The fourth-order valence-electron chi connectivity index (χ4n) is 2.77. The fourth-order valence-corrected chi connectivity index (χ4v) is 2.77. The molecular weight excluding hydrogens is 258 g/mol. The van der Waals surface area contributed by atoms with E-state index in [1.54, 1.807) is 6.07 Å². The highest BCUT2D eigenvalue weighted by molar-refractivity contribution is 6.00. The first-order chi connectivity index (χ1) is 9.37. The van der Waals surface area contributed by atoms with Crippen LogP contribution in [0.5, 0.6) is 0 Å². The summed E-state index contributed by atoms with van der Waals surface area (Å²) in [5.41, 5.74) is 1.70. The number of benzene rings is 1. The first-order valence-electron chi connectivity index (χ1n) is 6.76. The van der Waals surface area contributed by atoms with Crippen molar-refractivity contribution in [2.75, 3.05) is 10.6 Å². The van der Waals surface area contributed by atoms with Crippen molar-refractivity contribution in [3.8, 4) is 0 Å². The molecule has 2 N–H and O–H groups in total. The number of amides is 1. The third kappa shape index (κ3) is 2.21. The molecule has 0 saturated heterocycles. The standard InChI is InChI=1S/C14H17N3O3/c1-14(2,9-3-4-9)16-11-7-10-8(6-13(18)15-10)5-12(11)17(19)20/h5,7,9,16H,3-4,6H2,1-2H3,(H,15,18). The van der Waals surface area contributed by atoms with E-state index in [0.717, 1.165) is 12.8 Å². The van der Waals surface area contributed by atoms with Gasteiger partial charge in [0.1, 0.15) is 5.69 Å². The molecule has 1 amide bonds. The molecule has 0 atom stereocenters. The van der Waals surface area contributed by atoms with Crippen LogP contribution in [-0.2, 0) is 11.2 Å². The molecule has 0 radical (unpaired) electrons. The molecule has 1 aromatic carbocycles. The number of nitro benzene ring substituents is 1. The molecule has 0 aromatic heterocycles. The zero-order valence-corrected chi connectivity index (χ0v) is 11.5. The third-order valence-electron chi connectivity index (χ3n) is 4.10. The molecule has 6 nitrogen and oxygen atoms in total. The Morgan fingerprint density at radius 1 is 1.40 bits per heavy atom. The highest BCUT2D eigenvalue weighted by Crippen LogP contribution is 2.43. The smallest absolute Gasteiger partial charge is 0.292 e. The lowest BCUT2D eigenvalue weighted by Crippen LogP contribution is -2.33. The maximum absolute atomic E-state index is 11.4. The van der Waals surface area contributed by atoms with Crippen LogP contribution in [0, 0.1) is 16.0 Å². The van der Waals surface area contributed by atoms with E-state index in [1.165, 1.54) is 6.07 Å². The molecule has 1 saturated carbocycles.